The molecule has 2 saturated heterocycles. The molecule has 39 heavy (non-hydrogen) atoms. The van der Waals surface area contributed by atoms with Crippen LogP contribution in [0.15, 0.2) is 42.7 Å². The van der Waals surface area contributed by atoms with Crippen LogP contribution in [0.2, 0.25) is 0 Å². The Morgan fingerprint density at radius 3 is 2.41 bits per heavy atom. The molecule has 6 rings (SSSR count). The van der Waals surface area contributed by atoms with Gasteiger partial charge in [-0.2, -0.15) is 5.10 Å². The number of rotatable bonds is 9. The molecular weight excluding hydrogens is 490 g/mol. The third kappa shape index (κ3) is 4.82. The Morgan fingerprint density at radius 1 is 1.05 bits per heavy atom. The Morgan fingerprint density at radius 2 is 1.77 bits per heavy atom. The van der Waals surface area contributed by atoms with Gasteiger partial charge in [0.05, 0.1) is 12.6 Å². The monoisotopic (exact) mass is 531 g/mol. The summed E-state index contributed by atoms with van der Waals surface area (Å²) in [6, 6.07) is 10.8. The van der Waals surface area contributed by atoms with Crippen LogP contribution >= 0.6 is 0 Å². The second kappa shape index (κ2) is 10.4. The van der Waals surface area contributed by atoms with Gasteiger partial charge in [0.15, 0.2) is 5.82 Å². The molecule has 1 saturated carbocycles. The van der Waals surface area contributed by atoms with Crippen LogP contribution in [-0.4, -0.2) is 74.3 Å². The van der Waals surface area contributed by atoms with Crippen LogP contribution in [0, 0.1) is 5.41 Å². The van der Waals surface area contributed by atoms with Crippen LogP contribution in [0.5, 0.6) is 0 Å². The predicted molar refractivity (Wildman–Crippen MR) is 149 cm³/mol. The van der Waals surface area contributed by atoms with E-state index in [9.17, 15) is 10.2 Å². The lowest BCUT2D eigenvalue weighted by molar-refractivity contribution is -0.137. The number of benzene rings is 1. The van der Waals surface area contributed by atoms with E-state index in [1.807, 2.05) is 12.3 Å². The number of hydrogen-bond acceptors (Lipinski definition) is 7. The highest BCUT2D eigenvalue weighted by Gasteiger charge is 2.56. The molecule has 2 aromatic heterocycles. The SMILES string of the molecule is CC(C)c1ccc(C(O)(c2cncc(-c3nc(C4CCOCC4)n(C4CC4)n3)c2)C2(C)CN(CCO)C2)cc1. The molecule has 8 nitrogen and oxygen atoms in total. The van der Waals surface area contributed by atoms with Crippen molar-refractivity contribution in [2.24, 2.45) is 5.41 Å². The molecule has 0 radical (unpaired) electrons. The van der Waals surface area contributed by atoms with Crippen molar-refractivity contribution in [1.82, 2.24) is 24.6 Å². The molecule has 8 heteroatoms. The lowest BCUT2D eigenvalue weighted by Crippen LogP contribution is -2.65. The Kier molecular flexibility index (Phi) is 7.08. The third-order valence-corrected chi connectivity index (χ3v) is 8.98. The molecule has 1 atom stereocenters. The second-order valence-corrected chi connectivity index (χ2v) is 12.3. The minimum absolute atomic E-state index is 0.111. The number of hydrogen-bond donors (Lipinski definition) is 2. The van der Waals surface area contributed by atoms with E-state index in [2.05, 4.69) is 59.6 Å². The minimum atomic E-state index is -1.26. The highest BCUT2D eigenvalue weighted by molar-refractivity contribution is 5.56. The molecule has 208 valence electrons. The molecule has 2 N–H and O–H groups in total. The lowest BCUT2D eigenvalue weighted by atomic mass is 9.62. The van der Waals surface area contributed by atoms with Gasteiger partial charge in [-0.15, -0.1) is 0 Å². The van der Waals surface area contributed by atoms with Gasteiger partial charge in [0.2, 0.25) is 0 Å². The number of β-amino-alcohol motifs (C(OH)–C–C–N with tert-alkyl or cyclic N) is 1. The first-order valence-corrected chi connectivity index (χ1v) is 14.5. The van der Waals surface area contributed by atoms with E-state index in [1.165, 1.54) is 5.56 Å². The molecule has 4 heterocycles. The molecule has 2 aliphatic heterocycles. The number of aliphatic hydroxyl groups is 2. The maximum atomic E-state index is 12.7. The van der Waals surface area contributed by atoms with Gasteiger partial charge >= 0.3 is 0 Å². The van der Waals surface area contributed by atoms with E-state index in [0.717, 1.165) is 61.4 Å². The van der Waals surface area contributed by atoms with E-state index in [4.69, 9.17) is 14.8 Å². The van der Waals surface area contributed by atoms with E-state index in [1.54, 1.807) is 6.20 Å². The zero-order valence-corrected chi connectivity index (χ0v) is 23.4. The Balaban J connectivity index is 1.40. The van der Waals surface area contributed by atoms with Gasteiger partial charge in [0, 0.05) is 67.7 Å². The first-order valence-electron chi connectivity index (χ1n) is 14.5. The third-order valence-electron chi connectivity index (χ3n) is 8.98. The molecule has 0 amide bonds. The van der Waals surface area contributed by atoms with Crippen molar-refractivity contribution in [1.29, 1.82) is 0 Å². The van der Waals surface area contributed by atoms with Gasteiger partial charge in [-0.25, -0.2) is 9.67 Å². The molecule has 0 bridgehead atoms. The Labute approximate surface area is 231 Å². The fourth-order valence-electron chi connectivity index (χ4n) is 6.48. The molecule has 3 fully saturated rings. The molecule has 1 aliphatic carbocycles. The van der Waals surface area contributed by atoms with Crippen molar-refractivity contribution in [2.75, 3.05) is 39.5 Å². The van der Waals surface area contributed by atoms with Gasteiger partial charge in [0.25, 0.3) is 0 Å². The van der Waals surface area contributed by atoms with Crippen molar-refractivity contribution < 1.29 is 14.9 Å². The Bertz CT molecular complexity index is 1290. The summed E-state index contributed by atoms with van der Waals surface area (Å²) in [5.74, 6) is 2.51. The molecule has 1 unspecified atom stereocenters. The van der Waals surface area contributed by atoms with Gasteiger partial charge in [-0.05, 0) is 48.8 Å². The zero-order valence-electron chi connectivity index (χ0n) is 23.4. The van der Waals surface area contributed by atoms with Crippen molar-refractivity contribution in [3.63, 3.8) is 0 Å². The van der Waals surface area contributed by atoms with E-state index < -0.39 is 11.0 Å². The van der Waals surface area contributed by atoms with Crippen LogP contribution < -0.4 is 0 Å². The average molecular weight is 532 g/mol. The zero-order chi connectivity index (χ0) is 27.2. The number of aromatic nitrogens is 4. The fourth-order valence-corrected chi connectivity index (χ4v) is 6.48. The number of ether oxygens (including phenoxy) is 1. The summed E-state index contributed by atoms with van der Waals surface area (Å²) in [7, 11) is 0. The predicted octanol–water partition coefficient (Wildman–Crippen LogP) is 4.24. The van der Waals surface area contributed by atoms with Crippen molar-refractivity contribution in [2.45, 2.75) is 69.9 Å². The summed E-state index contributed by atoms with van der Waals surface area (Å²) in [5, 5.41) is 27.2. The molecule has 0 spiro atoms. The second-order valence-electron chi connectivity index (χ2n) is 12.3. The van der Waals surface area contributed by atoms with Crippen LogP contribution in [0.3, 0.4) is 0 Å². The molecule has 1 aromatic carbocycles. The van der Waals surface area contributed by atoms with Gasteiger partial charge < -0.3 is 14.9 Å². The highest BCUT2D eigenvalue weighted by atomic mass is 16.5. The summed E-state index contributed by atoms with van der Waals surface area (Å²) in [4.78, 5) is 11.9. The summed E-state index contributed by atoms with van der Waals surface area (Å²) in [6.45, 7) is 10.1. The largest absolute Gasteiger partial charge is 0.395 e. The first-order chi connectivity index (χ1) is 18.8. The standard InChI is InChI=1S/C31H41N5O3/c1-21(2)22-4-6-25(7-5-22)31(38,30(3)19-35(20-30)12-13-37)26-16-24(17-32-18-26)28-33-29(23-10-14-39-15-11-23)36(34-28)27-8-9-27/h4-7,16-18,21,23,27,37-38H,8-15,19-20H2,1-3H3. The van der Waals surface area contributed by atoms with E-state index in [-0.39, 0.29) is 6.61 Å². The van der Waals surface area contributed by atoms with Gasteiger partial charge in [-0.1, -0.05) is 45.0 Å². The van der Waals surface area contributed by atoms with Gasteiger partial charge in [-0.3, -0.25) is 9.88 Å². The van der Waals surface area contributed by atoms with E-state index >= 15 is 0 Å². The summed E-state index contributed by atoms with van der Waals surface area (Å²) in [6.07, 6.45) is 7.83. The number of likely N-dealkylation sites (tertiary alicyclic amines) is 1. The number of pyridine rings is 1. The number of aliphatic hydroxyl groups excluding tert-OH is 1. The summed E-state index contributed by atoms with van der Waals surface area (Å²) < 4.78 is 7.75. The fraction of sp³-hybridized carbons (Fsp3) is 0.581. The topological polar surface area (TPSA) is 96.5 Å². The van der Waals surface area contributed by atoms with Crippen LogP contribution in [0.4, 0.5) is 0 Å². The summed E-state index contributed by atoms with van der Waals surface area (Å²) >= 11 is 0. The first kappa shape index (κ1) is 26.6. The maximum Gasteiger partial charge on any atom is 0.182 e. The molecule has 3 aromatic rings. The van der Waals surface area contributed by atoms with Crippen molar-refractivity contribution >= 4 is 0 Å². The van der Waals surface area contributed by atoms with Crippen LogP contribution in [0.1, 0.15) is 86.8 Å². The number of nitrogens with zero attached hydrogens (tertiary/aromatic N) is 5. The van der Waals surface area contributed by atoms with Crippen LogP contribution in [-0.2, 0) is 10.3 Å². The van der Waals surface area contributed by atoms with E-state index in [0.29, 0.717) is 43.3 Å². The van der Waals surface area contributed by atoms with Gasteiger partial charge in [0.1, 0.15) is 11.4 Å². The maximum absolute atomic E-state index is 12.7. The van der Waals surface area contributed by atoms with Crippen LogP contribution in [0.25, 0.3) is 11.4 Å². The van der Waals surface area contributed by atoms with Crippen molar-refractivity contribution in [3.05, 3.63) is 65.2 Å². The highest BCUT2D eigenvalue weighted by Crippen LogP contribution is 2.51. The average Bonchev–Trinajstić information content (AvgIpc) is 3.70. The smallest absolute Gasteiger partial charge is 0.182 e. The molecule has 3 aliphatic rings. The molecular formula is C31H41N5O3. The van der Waals surface area contributed by atoms with Crippen molar-refractivity contribution in [3.8, 4) is 11.4 Å². The normalized spacial score (nSPS) is 21.6. The Hall–Kier alpha value is -2.65. The minimum Gasteiger partial charge on any atom is -0.395 e. The summed E-state index contributed by atoms with van der Waals surface area (Å²) in [5.41, 5.74) is 1.96. The lowest BCUT2D eigenvalue weighted by Gasteiger charge is -2.56. The quantitative estimate of drug-likeness (QED) is 0.426.